The van der Waals surface area contributed by atoms with Crippen LogP contribution in [0.4, 0.5) is 0 Å². The van der Waals surface area contributed by atoms with Gasteiger partial charge in [0.25, 0.3) is 0 Å². The van der Waals surface area contributed by atoms with Gasteiger partial charge in [0.05, 0.1) is 18.5 Å². The number of likely N-dealkylation sites (N-methyl/N-ethyl adjacent to an activating group) is 1. The van der Waals surface area contributed by atoms with Gasteiger partial charge in [-0.1, -0.05) is 11.6 Å². The summed E-state index contributed by atoms with van der Waals surface area (Å²) in [5.74, 6) is 0.632. The lowest BCUT2D eigenvalue weighted by Gasteiger charge is -2.32. The highest BCUT2D eigenvalue weighted by atomic mass is 35.5. The second-order valence-electron chi connectivity index (χ2n) is 7.90. The van der Waals surface area contributed by atoms with E-state index in [2.05, 4.69) is 21.9 Å². The van der Waals surface area contributed by atoms with E-state index in [-0.39, 0.29) is 11.6 Å². The molecular formula is C21H28ClN5O3. The van der Waals surface area contributed by atoms with E-state index in [4.69, 9.17) is 16.3 Å². The summed E-state index contributed by atoms with van der Waals surface area (Å²) in [6.45, 7) is 6.36. The first-order chi connectivity index (χ1) is 14.5. The predicted octanol–water partition coefficient (Wildman–Crippen LogP) is 2.07. The summed E-state index contributed by atoms with van der Waals surface area (Å²) in [4.78, 5) is 17.5. The number of imidazole rings is 1. The Labute approximate surface area is 180 Å². The molecule has 0 bridgehead atoms. The average Bonchev–Trinajstić information content (AvgIpc) is 3.00. The van der Waals surface area contributed by atoms with Crippen molar-refractivity contribution in [3.63, 3.8) is 0 Å². The van der Waals surface area contributed by atoms with E-state index in [9.17, 15) is 9.90 Å². The predicted molar refractivity (Wildman–Crippen MR) is 117 cm³/mol. The molecule has 0 radical (unpaired) electrons. The fourth-order valence-corrected chi connectivity index (χ4v) is 4.07. The van der Waals surface area contributed by atoms with Crippen molar-refractivity contribution in [3.05, 3.63) is 45.5 Å². The normalized spacial score (nSPS) is 19.1. The maximum Gasteiger partial charge on any atom is 0.351 e. The van der Waals surface area contributed by atoms with Crippen molar-refractivity contribution in [1.29, 1.82) is 0 Å². The Bertz CT molecular complexity index is 976. The van der Waals surface area contributed by atoms with Crippen LogP contribution in [0.2, 0.25) is 5.02 Å². The maximum atomic E-state index is 12.8. The Kier molecular flexibility index (Phi) is 6.46. The smallest absolute Gasteiger partial charge is 0.351 e. The number of piperazine rings is 1. The lowest BCUT2D eigenvalue weighted by molar-refractivity contribution is 0.151. The van der Waals surface area contributed by atoms with Gasteiger partial charge in [0.15, 0.2) is 0 Å². The van der Waals surface area contributed by atoms with Crippen molar-refractivity contribution < 1.29 is 9.84 Å². The van der Waals surface area contributed by atoms with Gasteiger partial charge < -0.3 is 19.6 Å². The van der Waals surface area contributed by atoms with E-state index >= 15 is 0 Å². The first-order valence-electron chi connectivity index (χ1n) is 10.4. The quantitative estimate of drug-likeness (QED) is 0.706. The topological polar surface area (TPSA) is 75.2 Å². The summed E-state index contributed by atoms with van der Waals surface area (Å²) in [7, 11) is 2.15. The van der Waals surface area contributed by atoms with Gasteiger partial charge in [-0.15, -0.1) is 0 Å². The molecule has 1 saturated heterocycles. The Morgan fingerprint density at radius 2 is 1.93 bits per heavy atom. The molecule has 3 heterocycles. The van der Waals surface area contributed by atoms with E-state index in [1.54, 1.807) is 18.2 Å². The summed E-state index contributed by atoms with van der Waals surface area (Å²) in [6, 6.07) is 5.35. The van der Waals surface area contributed by atoms with E-state index in [1.165, 1.54) is 15.4 Å². The number of hydrogen-bond acceptors (Lipinski definition) is 6. The minimum Gasteiger partial charge on any atom is -0.493 e. The Morgan fingerprint density at radius 1 is 1.17 bits per heavy atom. The summed E-state index contributed by atoms with van der Waals surface area (Å²) < 4.78 is 8.23. The fraction of sp³-hybridized carbons (Fsp3) is 0.524. The second kappa shape index (κ2) is 9.24. The van der Waals surface area contributed by atoms with Gasteiger partial charge in [-0.25, -0.2) is 4.79 Å². The van der Waals surface area contributed by atoms with Gasteiger partial charge in [0.2, 0.25) is 5.88 Å². The van der Waals surface area contributed by atoms with Crippen LogP contribution in [0.3, 0.4) is 0 Å². The van der Waals surface area contributed by atoms with Crippen molar-refractivity contribution in [1.82, 2.24) is 19.0 Å². The molecule has 2 aromatic rings. The molecule has 0 amide bonds. The minimum absolute atomic E-state index is 0.0673. The monoisotopic (exact) mass is 433 g/mol. The molecule has 0 spiro atoms. The summed E-state index contributed by atoms with van der Waals surface area (Å²) >= 11 is 6.11. The van der Waals surface area contributed by atoms with E-state index in [1.807, 2.05) is 0 Å². The third-order valence-electron chi connectivity index (χ3n) is 5.72. The average molecular weight is 434 g/mol. The lowest BCUT2D eigenvalue weighted by Crippen LogP contribution is -2.44. The number of benzene rings is 1. The van der Waals surface area contributed by atoms with E-state index in [0.29, 0.717) is 36.1 Å². The molecule has 2 aliphatic rings. The van der Waals surface area contributed by atoms with Crippen LogP contribution < -0.4 is 10.4 Å². The van der Waals surface area contributed by atoms with Crippen LogP contribution >= 0.6 is 11.6 Å². The fourth-order valence-electron chi connectivity index (χ4n) is 3.89. The van der Waals surface area contributed by atoms with Crippen LogP contribution in [-0.2, 0) is 6.54 Å². The highest BCUT2D eigenvalue weighted by molar-refractivity contribution is 6.31. The second-order valence-corrected chi connectivity index (χ2v) is 8.34. The number of ether oxygens (including phenoxy) is 1. The van der Waals surface area contributed by atoms with Crippen LogP contribution in [0.1, 0.15) is 24.8 Å². The zero-order valence-corrected chi connectivity index (χ0v) is 18.0. The van der Waals surface area contributed by atoms with Gasteiger partial charge in [-0.05, 0) is 44.6 Å². The zero-order chi connectivity index (χ0) is 21.1. The minimum atomic E-state index is -0.338. The van der Waals surface area contributed by atoms with Crippen molar-refractivity contribution in [2.45, 2.75) is 25.8 Å². The lowest BCUT2D eigenvalue weighted by atomic mass is 10.0. The molecule has 0 unspecified atom stereocenters. The summed E-state index contributed by atoms with van der Waals surface area (Å²) in [5.41, 5.74) is 1.16. The van der Waals surface area contributed by atoms with Crippen molar-refractivity contribution >= 4 is 17.3 Å². The Morgan fingerprint density at radius 3 is 2.73 bits per heavy atom. The molecule has 8 nitrogen and oxygen atoms in total. The van der Waals surface area contributed by atoms with Crippen LogP contribution in [0.5, 0.6) is 11.6 Å². The molecule has 0 saturated carbocycles. The van der Waals surface area contributed by atoms with Gasteiger partial charge in [0, 0.05) is 49.7 Å². The Balaban J connectivity index is 1.41. The molecule has 0 aliphatic carbocycles. The van der Waals surface area contributed by atoms with Gasteiger partial charge >= 0.3 is 5.69 Å². The SMILES string of the molecule is CN1CCN(CCCCn2c(O)cn(/N=C3\CCOc4ccc(Cl)cc43)c2=O)CC1. The number of aromatic nitrogens is 2. The molecule has 1 fully saturated rings. The molecule has 0 atom stereocenters. The van der Waals surface area contributed by atoms with Crippen molar-refractivity contribution in [3.8, 4) is 11.6 Å². The molecule has 1 N–H and O–H groups in total. The molecule has 30 heavy (non-hydrogen) atoms. The number of fused-ring (bicyclic) bond motifs is 1. The number of halogens is 1. The van der Waals surface area contributed by atoms with Crippen LogP contribution in [0, 0.1) is 0 Å². The first-order valence-corrected chi connectivity index (χ1v) is 10.8. The standard InChI is InChI=1S/C21H28ClN5O3/c1-24-9-11-25(12-10-24)7-2-3-8-26-20(28)15-27(21(26)29)23-18-6-13-30-19-5-4-16(22)14-17(18)19/h4-5,14-15,28H,2-3,6-13H2,1H3/b23-18+. The highest BCUT2D eigenvalue weighted by Gasteiger charge is 2.19. The van der Waals surface area contributed by atoms with Crippen molar-refractivity contribution in [2.24, 2.45) is 5.10 Å². The third kappa shape index (κ3) is 4.71. The maximum absolute atomic E-state index is 12.8. The van der Waals surface area contributed by atoms with Crippen LogP contribution in [-0.4, -0.2) is 76.2 Å². The van der Waals surface area contributed by atoms with Gasteiger partial charge in [-0.3, -0.25) is 4.57 Å². The zero-order valence-electron chi connectivity index (χ0n) is 17.3. The number of aromatic hydroxyl groups is 1. The molecular weight excluding hydrogens is 406 g/mol. The highest BCUT2D eigenvalue weighted by Crippen LogP contribution is 2.28. The number of unbranched alkanes of at least 4 members (excludes halogenated alkanes) is 1. The van der Waals surface area contributed by atoms with Gasteiger partial charge in [-0.2, -0.15) is 9.78 Å². The number of rotatable bonds is 6. The molecule has 2 aliphatic heterocycles. The molecule has 1 aromatic carbocycles. The Hall–Kier alpha value is -2.29. The third-order valence-corrected chi connectivity index (χ3v) is 5.96. The molecule has 9 heteroatoms. The molecule has 4 rings (SSSR count). The van der Waals surface area contributed by atoms with Gasteiger partial charge in [0.1, 0.15) is 5.75 Å². The van der Waals surface area contributed by atoms with E-state index in [0.717, 1.165) is 51.1 Å². The van der Waals surface area contributed by atoms with E-state index < -0.39 is 0 Å². The molecule has 162 valence electrons. The van der Waals surface area contributed by atoms with Crippen molar-refractivity contribution in [2.75, 3.05) is 46.4 Å². The van der Waals surface area contributed by atoms with Crippen LogP contribution in [0.25, 0.3) is 0 Å². The first kappa shape index (κ1) is 21.0. The van der Waals surface area contributed by atoms with Crippen LogP contribution in [0.15, 0.2) is 34.3 Å². The summed E-state index contributed by atoms with van der Waals surface area (Å²) in [5, 5.41) is 15.3. The number of nitrogens with zero attached hydrogens (tertiary/aromatic N) is 5. The largest absolute Gasteiger partial charge is 0.493 e. The summed E-state index contributed by atoms with van der Waals surface area (Å²) in [6.07, 6.45) is 3.75. The molecule has 1 aromatic heterocycles. The number of hydrogen-bond donors (Lipinski definition) is 1.